The molecule has 1 unspecified atom stereocenters. The predicted molar refractivity (Wildman–Crippen MR) is 84.9 cm³/mol. The van der Waals surface area contributed by atoms with Gasteiger partial charge in [0.1, 0.15) is 0 Å². The second-order valence-electron chi connectivity index (χ2n) is 4.21. The van der Waals surface area contributed by atoms with Gasteiger partial charge in [-0.2, -0.15) is 0 Å². The van der Waals surface area contributed by atoms with Gasteiger partial charge in [-0.05, 0) is 19.9 Å². The maximum atomic E-state index is 11.6. The molecule has 4 nitrogen and oxygen atoms in total. The zero-order chi connectivity index (χ0) is 15.0. The van der Waals surface area contributed by atoms with Crippen LogP contribution in [-0.4, -0.2) is 17.8 Å². The summed E-state index contributed by atoms with van der Waals surface area (Å²) in [7, 11) is 0. The third-order valence-corrected chi connectivity index (χ3v) is 2.73. The van der Waals surface area contributed by atoms with Gasteiger partial charge in [-0.1, -0.05) is 36.4 Å². The third-order valence-electron chi connectivity index (χ3n) is 2.73. The van der Waals surface area contributed by atoms with Gasteiger partial charge in [0, 0.05) is 17.7 Å². The number of hydrogen-bond donors (Lipinski definition) is 2. The highest BCUT2D eigenvalue weighted by Crippen LogP contribution is 2.20. The van der Waals surface area contributed by atoms with E-state index in [0.29, 0.717) is 6.42 Å². The number of nitrogens with one attached hydrogen (secondary N) is 1. The van der Waals surface area contributed by atoms with Gasteiger partial charge >= 0.3 is 0 Å². The first-order chi connectivity index (χ1) is 9.63. The van der Waals surface area contributed by atoms with E-state index < -0.39 is 6.17 Å². The summed E-state index contributed by atoms with van der Waals surface area (Å²) in [6.07, 6.45) is 5.50. The van der Waals surface area contributed by atoms with E-state index in [1.165, 1.54) is 0 Å². The number of allylic oxidation sites excluding steroid dienone is 3. The van der Waals surface area contributed by atoms with Crippen molar-refractivity contribution in [1.29, 1.82) is 0 Å². The van der Waals surface area contributed by atoms with E-state index in [0.717, 1.165) is 17.0 Å². The van der Waals surface area contributed by atoms with Crippen molar-refractivity contribution in [3.05, 3.63) is 54.6 Å². The SMILES string of the molecule is C/C=C\C.C=CCC1=NC(N)C(=O)Nc2ccccc21. The molecule has 3 N–H and O–H groups in total. The number of fused-ring (bicyclic) bond motifs is 1. The second kappa shape index (κ2) is 8.07. The third kappa shape index (κ3) is 4.17. The smallest absolute Gasteiger partial charge is 0.263 e. The molecular weight excluding hydrogens is 250 g/mol. The first kappa shape index (κ1) is 15.9. The Morgan fingerprint density at radius 2 is 2.00 bits per heavy atom. The molecule has 1 aromatic rings. The molecule has 0 radical (unpaired) electrons. The number of aliphatic imine (C=N–C) groups is 1. The summed E-state index contributed by atoms with van der Waals surface area (Å²) in [5.41, 5.74) is 8.09. The van der Waals surface area contributed by atoms with Crippen LogP contribution in [-0.2, 0) is 4.79 Å². The van der Waals surface area contributed by atoms with Crippen LogP contribution < -0.4 is 11.1 Å². The average Bonchev–Trinajstić information content (AvgIpc) is 2.58. The molecule has 0 bridgehead atoms. The summed E-state index contributed by atoms with van der Waals surface area (Å²) in [6, 6.07) is 7.52. The van der Waals surface area contributed by atoms with Crippen LogP contribution in [0.2, 0.25) is 0 Å². The number of benzene rings is 1. The molecule has 0 fully saturated rings. The number of benzodiazepines with no additional fused rings is 1. The van der Waals surface area contributed by atoms with Gasteiger partial charge in [-0.15, -0.1) is 6.58 Å². The van der Waals surface area contributed by atoms with Crippen molar-refractivity contribution in [2.45, 2.75) is 26.4 Å². The molecule has 1 atom stereocenters. The summed E-state index contributed by atoms with van der Waals surface area (Å²) >= 11 is 0. The molecule has 1 aliphatic rings. The molecule has 4 heteroatoms. The van der Waals surface area contributed by atoms with E-state index >= 15 is 0 Å². The summed E-state index contributed by atoms with van der Waals surface area (Å²) in [5, 5.41) is 2.75. The van der Waals surface area contributed by atoms with Crippen LogP contribution in [0, 0.1) is 0 Å². The van der Waals surface area contributed by atoms with Crippen molar-refractivity contribution >= 4 is 17.3 Å². The Bertz CT molecular complexity index is 528. The van der Waals surface area contributed by atoms with Gasteiger partial charge in [0.15, 0.2) is 6.17 Å². The Balaban J connectivity index is 0.000000444. The van der Waals surface area contributed by atoms with Crippen molar-refractivity contribution in [1.82, 2.24) is 0 Å². The molecular formula is C16H21N3O. The van der Waals surface area contributed by atoms with Crippen LogP contribution in [0.3, 0.4) is 0 Å². The molecule has 1 aliphatic heterocycles. The number of nitrogens with zero attached hydrogens (tertiary/aromatic N) is 1. The number of para-hydroxylation sites is 1. The number of nitrogens with two attached hydrogens (primary N) is 1. The standard InChI is InChI=1S/C12H13N3O.C4H8/c1-2-5-9-8-6-3-4-7-10(8)15-12(16)11(13)14-9;1-3-4-2/h2-4,6-7,11H,1,5,13H2,(H,15,16);3-4H,1-2H3/b;4-3-. The lowest BCUT2D eigenvalue weighted by molar-refractivity contribution is -0.117. The van der Waals surface area contributed by atoms with E-state index in [2.05, 4.69) is 16.9 Å². The summed E-state index contributed by atoms with van der Waals surface area (Å²) in [6.45, 7) is 7.68. The number of anilines is 1. The number of carbonyl (C=O) groups is 1. The lowest BCUT2D eigenvalue weighted by atomic mass is 10.1. The molecule has 0 saturated carbocycles. The normalized spacial score (nSPS) is 17.2. The Hall–Kier alpha value is -2.20. The number of carbonyl (C=O) groups excluding carboxylic acids is 1. The largest absolute Gasteiger partial charge is 0.322 e. The molecule has 0 saturated heterocycles. The van der Waals surface area contributed by atoms with Crippen LogP contribution >= 0.6 is 0 Å². The maximum absolute atomic E-state index is 11.6. The van der Waals surface area contributed by atoms with Gasteiger partial charge in [-0.25, -0.2) is 0 Å². The van der Waals surface area contributed by atoms with Gasteiger partial charge < -0.3 is 11.1 Å². The minimum absolute atomic E-state index is 0.286. The Morgan fingerprint density at radius 3 is 2.60 bits per heavy atom. The Kier molecular flexibility index (Phi) is 6.40. The molecule has 106 valence electrons. The molecule has 1 heterocycles. The maximum Gasteiger partial charge on any atom is 0.263 e. The van der Waals surface area contributed by atoms with Crippen LogP contribution in [0.4, 0.5) is 5.69 Å². The van der Waals surface area contributed by atoms with E-state index in [-0.39, 0.29) is 5.91 Å². The quantitative estimate of drug-likeness (QED) is 0.812. The summed E-state index contributed by atoms with van der Waals surface area (Å²) in [5.74, 6) is -0.286. The zero-order valence-corrected chi connectivity index (χ0v) is 12.0. The Labute approximate surface area is 120 Å². The molecule has 0 spiro atoms. The molecule has 1 aromatic carbocycles. The first-order valence-electron chi connectivity index (χ1n) is 6.54. The second-order valence-corrected chi connectivity index (χ2v) is 4.21. The minimum Gasteiger partial charge on any atom is -0.322 e. The molecule has 2 rings (SSSR count). The lowest BCUT2D eigenvalue weighted by Gasteiger charge is -2.07. The lowest BCUT2D eigenvalue weighted by Crippen LogP contribution is -2.33. The minimum atomic E-state index is -0.845. The summed E-state index contributed by atoms with van der Waals surface area (Å²) in [4.78, 5) is 15.8. The van der Waals surface area contributed by atoms with E-state index in [9.17, 15) is 4.79 Å². The fourth-order valence-electron chi connectivity index (χ4n) is 1.65. The first-order valence-corrected chi connectivity index (χ1v) is 6.54. The van der Waals surface area contributed by atoms with Gasteiger partial charge in [0.25, 0.3) is 5.91 Å². The fraction of sp³-hybridized carbons (Fsp3) is 0.250. The van der Waals surface area contributed by atoms with Gasteiger partial charge in [0.05, 0.1) is 5.71 Å². The predicted octanol–water partition coefficient (Wildman–Crippen LogP) is 2.87. The van der Waals surface area contributed by atoms with Crippen LogP contribution in [0.15, 0.2) is 54.1 Å². The number of amides is 1. The van der Waals surface area contributed by atoms with Crippen molar-refractivity contribution in [2.75, 3.05) is 5.32 Å². The number of hydrogen-bond acceptors (Lipinski definition) is 3. The van der Waals surface area contributed by atoms with E-state index in [1.54, 1.807) is 6.08 Å². The Morgan fingerprint density at radius 1 is 1.35 bits per heavy atom. The molecule has 0 aromatic heterocycles. The van der Waals surface area contributed by atoms with Gasteiger partial charge in [0.2, 0.25) is 0 Å². The molecule has 1 amide bonds. The fourth-order valence-corrected chi connectivity index (χ4v) is 1.65. The number of rotatable bonds is 2. The molecule has 20 heavy (non-hydrogen) atoms. The van der Waals surface area contributed by atoms with Crippen LogP contribution in [0.5, 0.6) is 0 Å². The highest BCUT2D eigenvalue weighted by Gasteiger charge is 2.20. The van der Waals surface area contributed by atoms with Crippen molar-refractivity contribution in [3.63, 3.8) is 0 Å². The monoisotopic (exact) mass is 271 g/mol. The topological polar surface area (TPSA) is 67.5 Å². The summed E-state index contributed by atoms with van der Waals surface area (Å²) < 4.78 is 0. The highest BCUT2D eigenvalue weighted by atomic mass is 16.2. The highest BCUT2D eigenvalue weighted by molar-refractivity contribution is 6.12. The van der Waals surface area contributed by atoms with Crippen molar-refractivity contribution in [3.8, 4) is 0 Å². The van der Waals surface area contributed by atoms with Crippen molar-refractivity contribution < 1.29 is 4.79 Å². The average molecular weight is 271 g/mol. The molecule has 0 aliphatic carbocycles. The van der Waals surface area contributed by atoms with Crippen LogP contribution in [0.25, 0.3) is 0 Å². The zero-order valence-electron chi connectivity index (χ0n) is 12.0. The van der Waals surface area contributed by atoms with E-state index in [1.807, 2.05) is 50.3 Å². The van der Waals surface area contributed by atoms with E-state index in [4.69, 9.17) is 5.73 Å². The van der Waals surface area contributed by atoms with Gasteiger partial charge in [-0.3, -0.25) is 9.79 Å². The van der Waals surface area contributed by atoms with Crippen molar-refractivity contribution in [2.24, 2.45) is 10.7 Å². The van der Waals surface area contributed by atoms with Crippen LogP contribution in [0.1, 0.15) is 25.8 Å².